The molecule has 2 unspecified atom stereocenters. The van der Waals surface area contributed by atoms with Crippen LogP contribution in [0.15, 0.2) is 0 Å². The van der Waals surface area contributed by atoms with Crippen molar-refractivity contribution >= 4 is 66.7 Å². The number of carbonyl (C=O) groups is 7. The average molecular weight is 538 g/mol. The molecule has 2 atom stereocenters. The predicted molar refractivity (Wildman–Crippen MR) is 129 cm³/mol. The van der Waals surface area contributed by atoms with Crippen LogP contribution in [0.2, 0.25) is 0 Å². The molecule has 0 fully saturated rings. The second-order valence-corrected chi connectivity index (χ2v) is 7.79. The van der Waals surface area contributed by atoms with Gasteiger partial charge in [0.2, 0.25) is 35.4 Å². The Hall–Kier alpha value is -3.05. The van der Waals surface area contributed by atoms with Crippen LogP contribution in [-0.2, 0) is 33.6 Å². The van der Waals surface area contributed by atoms with E-state index in [0.717, 1.165) is 9.80 Å². The summed E-state index contributed by atoms with van der Waals surface area (Å²) in [6.07, 6.45) is 0. The van der Waals surface area contributed by atoms with Gasteiger partial charge in [-0.1, -0.05) is 0 Å². The molecule has 0 rings (SSSR count). The molecule has 17 heteroatoms. The van der Waals surface area contributed by atoms with Crippen LogP contribution in [0.5, 0.6) is 0 Å². The Morgan fingerprint density at radius 3 is 1.51 bits per heavy atom. The molecule has 0 aliphatic rings. The van der Waals surface area contributed by atoms with Gasteiger partial charge < -0.3 is 41.9 Å². The molecule has 0 aromatic heterocycles. The van der Waals surface area contributed by atoms with Gasteiger partial charge in [-0.3, -0.25) is 33.6 Å². The van der Waals surface area contributed by atoms with Gasteiger partial charge in [-0.2, -0.15) is 25.3 Å². The number of nitrogens with zero attached hydrogens (tertiary/aromatic N) is 2. The standard InChI is InChI=1S/C18H31N7O8S2/c1-10(26)20-8-24(17(32)12(6-34)22-14(28)3-19)4-15(29)23-13(7-35)18(33)25(5-16(30)31)9-21-11(2)27/h12-13,34-35H,3-9,19H2,1-2H3,(H,20,26)(H,21,27)(H,22,28)(H,23,29)(H,30,31). The summed E-state index contributed by atoms with van der Waals surface area (Å²) in [4.78, 5) is 85.1. The van der Waals surface area contributed by atoms with Crippen molar-refractivity contribution in [3.05, 3.63) is 0 Å². The van der Waals surface area contributed by atoms with Gasteiger partial charge in [0.15, 0.2) is 0 Å². The molecule has 198 valence electrons. The minimum absolute atomic E-state index is 0.131. The van der Waals surface area contributed by atoms with Crippen molar-refractivity contribution in [2.75, 3.05) is 44.5 Å². The number of nitrogens with two attached hydrogens (primary N) is 1. The second-order valence-electron chi connectivity index (χ2n) is 7.06. The predicted octanol–water partition coefficient (Wildman–Crippen LogP) is -4.30. The molecule has 6 amide bonds. The van der Waals surface area contributed by atoms with Crippen molar-refractivity contribution in [3.63, 3.8) is 0 Å². The highest BCUT2D eigenvalue weighted by molar-refractivity contribution is 7.80. The number of hydrogen-bond donors (Lipinski definition) is 8. The summed E-state index contributed by atoms with van der Waals surface area (Å²) in [5.41, 5.74) is 5.24. The van der Waals surface area contributed by atoms with Gasteiger partial charge in [-0.15, -0.1) is 0 Å². The second kappa shape index (κ2) is 16.6. The fraction of sp³-hybridized carbons (Fsp3) is 0.611. The lowest BCUT2D eigenvalue weighted by Gasteiger charge is -2.29. The van der Waals surface area contributed by atoms with Gasteiger partial charge in [-0.05, 0) is 0 Å². The minimum Gasteiger partial charge on any atom is -0.480 e. The van der Waals surface area contributed by atoms with E-state index in [9.17, 15) is 33.6 Å². The van der Waals surface area contributed by atoms with Crippen LogP contribution in [0.25, 0.3) is 0 Å². The van der Waals surface area contributed by atoms with E-state index in [1.807, 2.05) is 0 Å². The summed E-state index contributed by atoms with van der Waals surface area (Å²) in [5, 5.41) is 18.4. The molecular weight excluding hydrogens is 506 g/mol. The monoisotopic (exact) mass is 537 g/mol. The number of carboxylic acid groups (broad SMARTS) is 1. The lowest BCUT2D eigenvalue weighted by Crippen LogP contribution is -2.57. The van der Waals surface area contributed by atoms with Gasteiger partial charge in [0.25, 0.3) is 0 Å². The zero-order valence-corrected chi connectivity index (χ0v) is 21.1. The van der Waals surface area contributed by atoms with E-state index in [0.29, 0.717) is 0 Å². The van der Waals surface area contributed by atoms with Crippen molar-refractivity contribution < 1.29 is 38.7 Å². The van der Waals surface area contributed by atoms with Crippen molar-refractivity contribution in [2.45, 2.75) is 25.9 Å². The summed E-state index contributed by atoms with van der Waals surface area (Å²) < 4.78 is 0. The van der Waals surface area contributed by atoms with Crippen molar-refractivity contribution in [1.29, 1.82) is 0 Å². The number of rotatable bonds is 15. The number of amides is 6. The highest BCUT2D eigenvalue weighted by atomic mass is 32.1. The van der Waals surface area contributed by atoms with Crippen LogP contribution >= 0.6 is 25.3 Å². The average Bonchev–Trinajstić information content (AvgIpc) is 2.79. The first-order chi connectivity index (χ1) is 16.4. The molecule has 0 bridgehead atoms. The Balaban J connectivity index is 5.52. The summed E-state index contributed by atoms with van der Waals surface area (Å²) >= 11 is 8.03. The SMILES string of the molecule is CC(=O)NCN(CC(=O)O)C(=O)C(CS)NC(=O)CN(CNC(C)=O)C(=O)C(CS)NC(=O)CN. The van der Waals surface area contributed by atoms with E-state index in [2.05, 4.69) is 46.5 Å². The van der Waals surface area contributed by atoms with E-state index in [-0.39, 0.29) is 18.1 Å². The molecule has 0 saturated carbocycles. The quantitative estimate of drug-likeness (QED) is 0.0747. The highest BCUT2D eigenvalue weighted by Crippen LogP contribution is 2.01. The van der Waals surface area contributed by atoms with Gasteiger partial charge in [0, 0.05) is 25.4 Å². The van der Waals surface area contributed by atoms with Crippen molar-refractivity contribution in [1.82, 2.24) is 31.1 Å². The number of aliphatic carboxylic acids is 1. The van der Waals surface area contributed by atoms with Gasteiger partial charge in [0.05, 0.1) is 19.9 Å². The molecular formula is C18H31N7O8S2. The highest BCUT2D eigenvalue weighted by Gasteiger charge is 2.30. The summed E-state index contributed by atoms with van der Waals surface area (Å²) in [7, 11) is 0. The van der Waals surface area contributed by atoms with E-state index < -0.39 is 79.9 Å². The fourth-order valence-corrected chi connectivity index (χ4v) is 2.97. The normalized spacial score (nSPS) is 11.9. The Morgan fingerprint density at radius 2 is 1.17 bits per heavy atom. The topological polar surface area (TPSA) is 220 Å². The van der Waals surface area contributed by atoms with E-state index >= 15 is 0 Å². The van der Waals surface area contributed by atoms with E-state index in [1.165, 1.54) is 13.8 Å². The third-order valence-corrected chi connectivity index (χ3v) is 4.87. The molecule has 15 nitrogen and oxygen atoms in total. The van der Waals surface area contributed by atoms with E-state index in [4.69, 9.17) is 10.8 Å². The maximum Gasteiger partial charge on any atom is 0.323 e. The molecule has 0 aliphatic heterocycles. The lowest BCUT2D eigenvalue weighted by molar-refractivity contribution is -0.146. The van der Waals surface area contributed by atoms with Crippen molar-refractivity contribution in [3.8, 4) is 0 Å². The molecule has 0 radical (unpaired) electrons. The van der Waals surface area contributed by atoms with Gasteiger partial charge >= 0.3 is 5.97 Å². The first-order valence-electron chi connectivity index (χ1n) is 10.1. The first kappa shape index (κ1) is 31.9. The minimum atomic E-state index is -1.35. The maximum absolute atomic E-state index is 12.8. The number of carboxylic acids is 1. The number of thiol groups is 2. The van der Waals surface area contributed by atoms with Crippen LogP contribution in [0.4, 0.5) is 0 Å². The molecule has 0 aliphatic carbocycles. The fourth-order valence-electron chi connectivity index (χ4n) is 2.48. The zero-order valence-electron chi connectivity index (χ0n) is 19.3. The van der Waals surface area contributed by atoms with Crippen LogP contribution in [0.3, 0.4) is 0 Å². The largest absolute Gasteiger partial charge is 0.480 e. The molecule has 0 saturated heterocycles. The Morgan fingerprint density at radius 1 is 0.771 bits per heavy atom. The summed E-state index contributed by atoms with van der Waals surface area (Å²) in [6, 6.07) is -2.45. The molecule has 0 aromatic rings. The van der Waals surface area contributed by atoms with Crippen LogP contribution in [-0.4, -0.2) is 113 Å². The van der Waals surface area contributed by atoms with Crippen molar-refractivity contribution in [2.24, 2.45) is 5.73 Å². The molecule has 7 N–H and O–H groups in total. The Bertz CT molecular complexity index is 814. The summed E-state index contributed by atoms with van der Waals surface area (Å²) in [6.45, 7) is -0.218. The lowest BCUT2D eigenvalue weighted by atomic mass is 10.2. The third kappa shape index (κ3) is 12.8. The van der Waals surface area contributed by atoms with E-state index in [1.54, 1.807) is 0 Å². The van der Waals surface area contributed by atoms with Gasteiger partial charge in [-0.25, -0.2) is 0 Å². The van der Waals surface area contributed by atoms with Crippen LogP contribution in [0.1, 0.15) is 13.8 Å². The molecule has 0 heterocycles. The first-order valence-corrected chi connectivity index (χ1v) is 11.4. The molecule has 35 heavy (non-hydrogen) atoms. The van der Waals surface area contributed by atoms with Crippen LogP contribution < -0.4 is 27.0 Å². The Kier molecular flexibility index (Phi) is 15.1. The molecule has 0 spiro atoms. The Labute approximate surface area is 212 Å². The molecule has 0 aromatic carbocycles. The summed E-state index contributed by atoms with van der Waals surface area (Å²) in [5.74, 6) is -5.79. The van der Waals surface area contributed by atoms with Crippen LogP contribution in [0, 0.1) is 0 Å². The maximum atomic E-state index is 12.8. The van der Waals surface area contributed by atoms with Gasteiger partial charge in [0.1, 0.15) is 25.2 Å². The third-order valence-electron chi connectivity index (χ3n) is 4.14. The number of hydrogen-bond acceptors (Lipinski definition) is 10. The zero-order chi connectivity index (χ0) is 27.1. The number of nitrogens with one attached hydrogen (secondary N) is 4. The number of carbonyl (C=O) groups excluding carboxylic acids is 6. The smallest absolute Gasteiger partial charge is 0.323 e.